The van der Waals surface area contributed by atoms with E-state index in [2.05, 4.69) is 25.6 Å². The zero-order valence-corrected chi connectivity index (χ0v) is 13.3. The zero-order valence-electron chi connectivity index (χ0n) is 10.1. The van der Waals surface area contributed by atoms with Crippen LogP contribution in [0.3, 0.4) is 0 Å². The minimum Gasteiger partial charge on any atom is -0.326 e. The molecule has 0 aromatic carbocycles. The lowest BCUT2D eigenvalue weighted by Gasteiger charge is -2.06. The average Bonchev–Trinajstić information content (AvgIpc) is 2.74. The van der Waals surface area contributed by atoms with Crippen LogP contribution in [0.25, 0.3) is 0 Å². The smallest absolute Gasteiger partial charge is 0.264 e. The van der Waals surface area contributed by atoms with Crippen LogP contribution in [0.4, 0.5) is 5.82 Å². The molecule has 2 aromatic rings. The Kier molecular flexibility index (Phi) is 4.24. The number of thiophene rings is 1. The van der Waals surface area contributed by atoms with Crippen LogP contribution >= 0.6 is 27.3 Å². The third kappa shape index (κ3) is 3.33. The highest BCUT2D eigenvalue weighted by Gasteiger charge is 2.20. The number of hydrogen-bond acceptors (Lipinski definition) is 5. The summed E-state index contributed by atoms with van der Waals surface area (Å²) >= 11 is 4.62. The first-order valence-electron chi connectivity index (χ1n) is 5.36. The molecule has 8 heteroatoms. The lowest BCUT2D eigenvalue weighted by Crippen LogP contribution is -2.14. The van der Waals surface area contributed by atoms with E-state index in [1.807, 2.05) is 0 Å². The summed E-state index contributed by atoms with van der Waals surface area (Å²) in [6.07, 6.45) is 1.53. The molecule has 0 amide bonds. The monoisotopic (exact) mass is 361 g/mol. The van der Waals surface area contributed by atoms with Gasteiger partial charge in [-0.15, -0.1) is 11.3 Å². The van der Waals surface area contributed by atoms with E-state index < -0.39 is 10.0 Å². The minimum atomic E-state index is -3.62. The molecule has 0 aliphatic heterocycles. The van der Waals surface area contributed by atoms with Crippen LogP contribution in [0.15, 0.2) is 33.8 Å². The maximum absolute atomic E-state index is 12.2. The molecular weight excluding hydrogens is 350 g/mol. The number of aryl methyl sites for hydroxylation is 1. The highest BCUT2D eigenvalue weighted by atomic mass is 79.9. The second-order valence-corrected chi connectivity index (χ2v) is 7.71. The molecule has 0 radical (unpaired) electrons. The Morgan fingerprint density at radius 1 is 1.47 bits per heavy atom. The van der Waals surface area contributed by atoms with Gasteiger partial charge in [0.15, 0.2) is 0 Å². The van der Waals surface area contributed by atoms with Crippen molar-refractivity contribution in [3.63, 3.8) is 0 Å². The summed E-state index contributed by atoms with van der Waals surface area (Å²) in [7, 11) is -3.62. The van der Waals surface area contributed by atoms with E-state index in [9.17, 15) is 8.42 Å². The van der Waals surface area contributed by atoms with Gasteiger partial charge in [-0.3, -0.25) is 4.72 Å². The van der Waals surface area contributed by atoms with E-state index in [0.29, 0.717) is 11.4 Å². The van der Waals surface area contributed by atoms with E-state index >= 15 is 0 Å². The summed E-state index contributed by atoms with van der Waals surface area (Å²) < 4.78 is 27.7. The molecule has 0 saturated carbocycles. The van der Waals surface area contributed by atoms with E-state index in [4.69, 9.17) is 5.73 Å². The lowest BCUT2D eigenvalue weighted by atomic mass is 10.4. The van der Waals surface area contributed by atoms with Crippen molar-refractivity contribution in [3.05, 3.63) is 38.6 Å². The number of sulfonamides is 1. The lowest BCUT2D eigenvalue weighted by molar-refractivity contribution is 0.601. The van der Waals surface area contributed by atoms with Gasteiger partial charge in [0.05, 0.1) is 0 Å². The van der Waals surface area contributed by atoms with Crippen LogP contribution in [-0.4, -0.2) is 13.4 Å². The molecule has 2 rings (SSSR count). The number of nitrogens with zero attached hydrogens (tertiary/aromatic N) is 1. The molecule has 3 N–H and O–H groups in total. The van der Waals surface area contributed by atoms with E-state index in [1.165, 1.54) is 17.5 Å². The van der Waals surface area contributed by atoms with Gasteiger partial charge in [0.2, 0.25) is 0 Å². The highest BCUT2D eigenvalue weighted by molar-refractivity contribution is 9.10. The molecule has 102 valence electrons. The Balaban J connectivity index is 2.31. The highest BCUT2D eigenvalue weighted by Crippen LogP contribution is 2.26. The first-order valence-corrected chi connectivity index (χ1v) is 8.45. The van der Waals surface area contributed by atoms with Crippen molar-refractivity contribution in [1.29, 1.82) is 0 Å². The number of rotatable bonds is 4. The van der Waals surface area contributed by atoms with Crippen LogP contribution < -0.4 is 10.5 Å². The Morgan fingerprint density at radius 3 is 2.74 bits per heavy atom. The SMILES string of the molecule is Cc1sc(CN)cc1S(=O)(=O)Nc1ccc(Br)cn1. The maximum atomic E-state index is 12.2. The third-order valence-electron chi connectivity index (χ3n) is 2.38. The summed E-state index contributed by atoms with van der Waals surface area (Å²) in [5.74, 6) is 0.281. The molecule has 2 aromatic heterocycles. The van der Waals surface area contributed by atoms with Crippen molar-refractivity contribution in [2.24, 2.45) is 5.73 Å². The molecular formula is C11H12BrN3O2S2. The topological polar surface area (TPSA) is 85.1 Å². The molecule has 0 unspecified atom stereocenters. The maximum Gasteiger partial charge on any atom is 0.264 e. The number of hydrogen-bond donors (Lipinski definition) is 2. The largest absolute Gasteiger partial charge is 0.326 e. The van der Waals surface area contributed by atoms with Gasteiger partial charge in [-0.2, -0.15) is 0 Å². The average molecular weight is 362 g/mol. The molecule has 0 aliphatic carbocycles. The number of halogens is 1. The number of nitrogens with two attached hydrogens (primary N) is 1. The van der Waals surface area contributed by atoms with Crippen molar-refractivity contribution < 1.29 is 8.42 Å². The quantitative estimate of drug-likeness (QED) is 0.875. The van der Waals surface area contributed by atoms with Gasteiger partial charge >= 0.3 is 0 Å². The van der Waals surface area contributed by atoms with Gasteiger partial charge in [-0.25, -0.2) is 13.4 Å². The molecule has 0 bridgehead atoms. The van der Waals surface area contributed by atoms with E-state index in [0.717, 1.165) is 9.35 Å². The van der Waals surface area contributed by atoms with E-state index in [1.54, 1.807) is 25.1 Å². The van der Waals surface area contributed by atoms with Crippen LogP contribution in [0.2, 0.25) is 0 Å². The van der Waals surface area contributed by atoms with Crippen LogP contribution in [0, 0.1) is 6.92 Å². The molecule has 5 nitrogen and oxygen atoms in total. The van der Waals surface area contributed by atoms with Crippen molar-refractivity contribution in [2.75, 3.05) is 4.72 Å². The van der Waals surface area contributed by atoms with E-state index in [-0.39, 0.29) is 10.7 Å². The molecule has 0 saturated heterocycles. The van der Waals surface area contributed by atoms with Crippen molar-refractivity contribution in [2.45, 2.75) is 18.4 Å². The molecule has 0 fully saturated rings. The minimum absolute atomic E-state index is 0.252. The predicted octanol–water partition coefficient (Wildman–Crippen LogP) is 2.47. The van der Waals surface area contributed by atoms with Gasteiger partial charge < -0.3 is 5.73 Å². The predicted molar refractivity (Wildman–Crippen MR) is 79.7 cm³/mol. The fourth-order valence-electron chi connectivity index (χ4n) is 1.52. The summed E-state index contributed by atoms with van der Waals surface area (Å²) in [4.78, 5) is 5.79. The first kappa shape index (κ1) is 14.4. The standard InChI is InChI=1S/C11H12BrN3O2S2/c1-7-10(4-9(5-13)18-7)19(16,17)15-11-3-2-8(12)6-14-11/h2-4,6H,5,13H2,1H3,(H,14,15). The Morgan fingerprint density at radius 2 is 2.21 bits per heavy atom. The Labute approximate surface area is 124 Å². The Hall–Kier alpha value is -0.960. The van der Waals surface area contributed by atoms with Crippen LogP contribution in [0.1, 0.15) is 9.75 Å². The molecule has 0 aliphatic rings. The Bertz CT molecular complexity index is 680. The second kappa shape index (κ2) is 5.58. The van der Waals surface area contributed by atoms with Gasteiger partial charge in [-0.1, -0.05) is 0 Å². The second-order valence-electron chi connectivity index (χ2n) is 3.80. The van der Waals surface area contributed by atoms with Crippen LogP contribution in [0.5, 0.6) is 0 Å². The summed E-state index contributed by atoms with van der Waals surface area (Å²) in [6, 6.07) is 4.91. The van der Waals surface area contributed by atoms with Gasteiger partial charge in [0.25, 0.3) is 10.0 Å². The summed E-state index contributed by atoms with van der Waals surface area (Å²) in [6.45, 7) is 2.09. The van der Waals surface area contributed by atoms with Crippen molar-refractivity contribution >= 4 is 43.1 Å². The molecule has 0 spiro atoms. The fourth-order valence-corrected chi connectivity index (χ4v) is 4.28. The van der Waals surface area contributed by atoms with Gasteiger partial charge in [0.1, 0.15) is 10.7 Å². The number of aromatic nitrogens is 1. The van der Waals surface area contributed by atoms with Crippen LogP contribution in [-0.2, 0) is 16.6 Å². The van der Waals surface area contributed by atoms with Gasteiger partial charge in [-0.05, 0) is 41.1 Å². The molecule has 19 heavy (non-hydrogen) atoms. The molecule has 0 atom stereocenters. The number of nitrogens with one attached hydrogen (secondary N) is 1. The summed E-state index contributed by atoms with van der Waals surface area (Å²) in [5, 5.41) is 0. The molecule has 2 heterocycles. The first-order chi connectivity index (χ1) is 8.92. The number of pyridine rings is 1. The van der Waals surface area contributed by atoms with Crippen molar-refractivity contribution in [1.82, 2.24) is 4.98 Å². The zero-order chi connectivity index (χ0) is 14.0. The number of anilines is 1. The van der Waals surface area contributed by atoms with Gasteiger partial charge in [0, 0.05) is 27.0 Å². The van der Waals surface area contributed by atoms with Crippen molar-refractivity contribution in [3.8, 4) is 0 Å². The third-order valence-corrected chi connectivity index (χ3v) is 5.53. The normalized spacial score (nSPS) is 11.5. The fraction of sp³-hybridized carbons (Fsp3) is 0.182. The summed E-state index contributed by atoms with van der Waals surface area (Å²) in [5.41, 5.74) is 5.52.